The predicted octanol–water partition coefficient (Wildman–Crippen LogP) is 2.01. The van der Waals surface area contributed by atoms with E-state index in [1.807, 2.05) is 18.2 Å². The molecule has 1 N–H and O–H groups in total. The number of methoxy groups -OCH3 is 1. The molecule has 0 bridgehead atoms. The molecule has 82 valence electrons. The maximum absolute atomic E-state index is 5.96. The summed E-state index contributed by atoms with van der Waals surface area (Å²) in [6, 6.07) is 6.04. The van der Waals surface area contributed by atoms with Crippen LogP contribution in [0.3, 0.4) is 0 Å². The number of ether oxygens (including phenoxy) is 2. The quantitative estimate of drug-likeness (QED) is 0.839. The van der Waals surface area contributed by atoms with Gasteiger partial charge in [0.05, 0.1) is 31.4 Å². The lowest BCUT2D eigenvalue weighted by atomic mass is 10.1. The van der Waals surface area contributed by atoms with Crippen LogP contribution in [0, 0.1) is 0 Å². The molecule has 2 rings (SSSR count). The highest BCUT2D eigenvalue weighted by atomic mass is 35.5. The molecular weight excluding hydrogens is 214 g/mol. The summed E-state index contributed by atoms with van der Waals surface area (Å²) in [5.74, 6) is 0.710. The van der Waals surface area contributed by atoms with Crippen molar-refractivity contribution in [1.29, 1.82) is 0 Å². The molecule has 0 radical (unpaired) electrons. The van der Waals surface area contributed by atoms with Crippen molar-refractivity contribution in [3.63, 3.8) is 0 Å². The summed E-state index contributed by atoms with van der Waals surface area (Å²) in [4.78, 5) is 0. The molecule has 1 atom stereocenters. The van der Waals surface area contributed by atoms with Crippen LogP contribution in [-0.4, -0.2) is 26.9 Å². The van der Waals surface area contributed by atoms with E-state index in [0.717, 1.165) is 18.7 Å². The first kappa shape index (κ1) is 10.7. The summed E-state index contributed by atoms with van der Waals surface area (Å²) in [5, 5.41) is 4.02. The lowest BCUT2D eigenvalue weighted by molar-refractivity contribution is 0.0768. The van der Waals surface area contributed by atoms with Gasteiger partial charge in [-0.3, -0.25) is 0 Å². The normalized spacial score (nSPS) is 21.3. The van der Waals surface area contributed by atoms with Gasteiger partial charge < -0.3 is 14.8 Å². The van der Waals surface area contributed by atoms with Crippen LogP contribution in [0.5, 0.6) is 5.75 Å². The van der Waals surface area contributed by atoms with Crippen LogP contribution in [0.2, 0.25) is 5.02 Å². The van der Waals surface area contributed by atoms with Gasteiger partial charge in [0.15, 0.2) is 0 Å². The van der Waals surface area contributed by atoms with Crippen LogP contribution in [-0.2, 0) is 4.74 Å². The first-order chi connectivity index (χ1) is 7.31. The Labute approximate surface area is 94.3 Å². The molecule has 0 saturated carbocycles. The molecule has 0 spiro atoms. The second-order valence-corrected chi connectivity index (χ2v) is 3.88. The van der Waals surface area contributed by atoms with Gasteiger partial charge >= 0.3 is 0 Å². The Morgan fingerprint density at radius 3 is 3.07 bits per heavy atom. The standard InChI is InChI=1S/C11H14ClNO2/c1-14-11-6-8(2-3-9(11)12)10-7-15-5-4-13-10/h2-3,6,10,13H,4-5,7H2,1H3/t10-/m0/s1. The summed E-state index contributed by atoms with van der Waals surface area (Å²) in [6.45, 7) is 2.36. The van der Waals surface area contributed by atoms with Gasteiger partial charge in [0.1, 0.15) is 5.75 Å². The van der Waals surface area contributed by atoms with E-state index < -0.39 is 0 Å². The van der Waals surface area contributed by atoms with Gasteiger partial charge in [-0.15, -0.1) is 0 Å². The van der Waals surface area contributed by atoms with Crippen molar-refractivity contribution in [3.05, 3.63) is 28.8 Å². The molecule has 1 aromatic carbocycles. The largest absolute Gasteiger partial charge is 0.495 e. The third kappa shape index (κ3) is 2.43. The molecular formula is C11H14ClNO2. The van der Waals surface area contributed by atoms with Gasteiger partial charge in [-0.1, -0.05) is 17.7 Å². The highest BCUT2D eigenvalue weighted by molar-refractivity contribution is 6.32. The summed E-state index contributed by atoms with van der Waals surface area (Å²) < 4.78 is 10.6. The van der Waals surface area contributed by atoms with Crippen LogP contribution in [0.4, 0.5) is 0 Å². The number of morpholine rings is 1. The van der Waals surface area contributed by atoms with E-state index >= 15 is 0 Å². The first-order valence-corrected chi connectivity index (χ1v) is 5.33. The SMILES string of the molecule is COc1cc([C@@H]2COCCN2)ccc1Cl. The highest BCUT2D eigenvalue weighted by Gasteiger charge is 2.16. The number of halogens is 1. The molecule has 1 fully saturated rings. The summed E-state index contributed by atoms with van der Waals surface area (Å²) in [7, 11) is 1.62. The van der Waals surface area contributed by atoms with Crippen LogP contribution in [0.25, 0.3) is 0 Å². The lowest BCUT2D eigenvalue weighted by Gasteiger charge is -2.24. The van der Waals surface area contributed by atoms with Crippen LogP contribution in [0.1, 0.15) is 11.6 Å². The zero-order chi connectivity index (χ0) is 10.7. The topological polar surface area (TPSA) is 30.5 Å². The van der Waals surface area contributed by atoms with Crippen molar-refractivity contribution >= 4 is 11.6 Å². The zero-order valence-corrected chi connectivity index (χ0v) is 9.38. The molecule has 0 aliphatic carbocycles. The molecule has 3 nitrogen and oxygen atoms in total. The molecule has 0 amide bonds. The molecule has 1 saturated heterocycles. The Bertz CT molecular complexity index is 337. The van der Waals surface area contributed by atoms with E-state index in [1.54, 1.807) is 7.11 Å². The Hall–Kier alpha value is -0.770. The first-order valence-electron chi connectivity index (χ1n) is 4.96. The van der Waals surface area contributed by atoms with Crippen molar-refractivity contribution in [2.75, 3.05) is 26.9 Å². The summed E-state index contributed by atoms with van der Waals surface area (Å²) in [5.41, 5.74) is 1.15. The Balaban J connectivity index is 2.20. The fourth-order valence-electron chi connectivity index (χ4n) is 1.67. The number of rotatable bonds is 2. The average Bonchev–Trinajstić information content (AvgIpc) is 2.31. The molecule has 15 heavy (non-hydrogen) atoms. The van der Waals surface area contributed by atoms with E-state index in [2.05, 4.69) is 5.32 Å². The minimum Gasteiger partial charge on any atom is -0.495 e. The molecule has 1 aliphatic rings. The minimum absolute atomic E-state index is 0.241. The number of hydrogen-bond acceptors (Lipinski definition) is 3. The van der Waals surface area contributed by atoms with Crippen LogP contribution in [0.15, 0.2) is 18.2 Å². The van der Waals surface area contributed by atoms with Crippen molar-refractivity contribution in [2.24, 2.45) is 0 Å². The minimum atomic E-state index is 0.241. The van der Waals surface area contributed by atoms with Crippen LogP contribution < -0.4 is 10.1 Å². The molecule has 1 aromatic rings. The number of nitrogens with one attached hydrogen (secondary N) is 1. The van der Waals surface area contributed by atoms with E-state index in [9.17, 15) is 0 Å². The smallest absolute Gasteiger partial charge is 0.137 e. The predicted molar refractivity (Wildman–Crippen MR) is 59.6 cm³/mol. The van der Waals surface area contributed by atoms with E-state index in [1.165, 1.54) is 0 Å². The Morgan fingerprint density at radius 2 is 2.40 bits per heavy atom. The second-order valence-electron chi connectivity index (χ2n) is 3.48. The van der Waals surface area contributed by atoms with E-state index in [0.29, 0.717) is 17.4 Å². The maximum atomic E-state index is 5.96. The fourth-order valence-corrected chi connectivity index (χ4v) is 1.87. The molecule has 1 aliphatic heterocycles. The summed E-state index contributed by atoms with van der Waals surface area (Å²) >= 11 is 5.96. The fraction of sp³-hybridized carbons (Fsp3) is 0.455. The summed E-state index contributed by atoms with van der Waals surface area (Å²) in [6.07, 6.45) is 0. The maximum Gasteiger partial charge on any atom is 0.137 e. The monoisotopic (exact) mass is 227 g/mol. The second kappa shape index (κ2) is 4.84. The van der Waals surface area contributed by atoms with Crippen molar-refractivity contribution in [1.82, 2.24) is 5.32 Å². The lowest BCUT2D eigenvalue weighted by Crippen LogP contribution is -2.34. The van der Waals surface area contributed by atoms with Crippen molar-refractivity contribution in [2.45, 2.75) is 6.04 Å². The Morgan fingerprint density at radius 1 is 1.53 bits per heavy atom. The Kier molecular flexibility index (Phi) is 3.46. The molecule has 0 unspecified atom stereocenters. The number of benzene rings is 1. The van der Waals surface area contributed by atoms with Crippen LogP contribution >= 0.6 is 11.6 Å². The van der Waals surface area contributed by atoms with Gasteiger partial charge in [0.2, 0.25) is 0 Å². The zero-order valence-electron chi connectivity index (χ0n) is 8.63. The van der Waals surface area contributed by atoms with Gasteiger partial charge in [0.25, 0.3) is 0 Å². The number of hydrogen-bond donors (Lipinski definition) is 1. The van der Waals surface area contributed by atoms with Gasteiger partial charge in [0, 0.05) is 6.54 Å². The van der Waals surface area contributed by atoms with E-state index in [4.69, 9.17) is 21.1 Å². The van der Waals surface area contributed by atoms with Gasteiger partial charge in [-0.25, -0.2) is 0 Å². The van der Waals surface area contributed by atoms with Crippen molar-refractivity contribution in [3.8, 4) is 5.75 Å². The van der Waals surface area contributed by atoms with Gasteiger partial charge in [-0.2, -0.15) is 0 Å². The van der Waals surface area contributed by atoms with E-state index in [-0.39, 0.29) is 6.04 Å². The molecule has 0 aromatic heterocycles. The highest BCUT2D eigenvalue weighted by Crippen LogP contribution is 2.28. The third-order valence-electron chi connectivity index (χ3n) is 2.50. The average molecular weight is 228 g/mol. The van der Waals surface area contributed by atoms with Crippen molar-refractivity contribution < 1.29 is 9.47 Å². The third-order valence-corrected chi connectivity index (χ3v) is 2.81. The molecule has 1 heterocycles. The van der Waals surface area contributed by atoms with Gasteiger partial charge in [-0.05, 0) is 17.7 Å². The molecule has 4 heteroatoms.